The van der Waals surface area contributed by atoms with Crippen molar-refractivity contribution in [2.75, 3.05) is 5.43 Å². The zero-order valence-corrected chi connectivity index (χ0v) is 10.1. The number of hydrogen-bond acceptors (Lipinski definition) is 9. The summed E-state index contributed by atoms with van der Waals surface area (Å²) in [6, 6.07) is 3.52. The highest BCUT2D eigenvalue weighted by Crippen LogP contribution is 2.17. The van der Waals surface area contributed by atoms with Crippen LogP contribution < -0.4 is 16.0 Å². The van der Waals surface area contributed by atoms with Crippen LogP contribution in [0.4, 0.5) is 5.95 Å². The van der Waals surface area contributed by atoms with Crippen molar-refractivity contribution in [2.24, 2.45) is 5.84 Å². The van der Waals surface area contributed by atoms with Crippen LogP contribution in [0.1, 0.15) is 0 Å². The molecule has 0 fully saturated rings. The average molecular weight is 271 g/mol. The number of hydrazine groups is 1. The third-order valence-electron chi connectivity index (χ3n) is 2.20. The van der Waals surface area contributed by atoms with Crippen molar-refractivity contribution in [1.29, 1.82) is 0 Å². The lowest BCUT2D eigenvalue weighted by Gasteiger charge is -2.06. The first-order valence-electron chi connectivity index (χ1n) is 5.51. The van der Waals surface area contributed by atoms with Gasteiger partial charge in [-0.3, -0.25) is 10.4 Å². The fourth-order valence-corrected chi connectivity index (χ4v) is 1.38. The molecule has 10 nitrogen and oxygen atoms in total. The summed E-state index contributed by atoms with van der Waals surface area (Å²) in [6.45, 7) is 0. The van der Waals surface area contributed by atoms with Crippen molar-refractivity contribution < 1.29 is 4.74 Å². The highest BCUT2D eigenvalue weighted by Gasteiger charge is 2.10. The molecular weight excluding hydrogens is 262 g/mol. The first-order chi connectivity index (χ1) is 9.85. The van der Waals surface area contributed by atoms with Gasteiger partial charge in [-0.15, -0.1) is 0 Å². The van der Waals surface area contributed by atoms with Gasteiger partial charge in [0.1, 0.15) is 18.4 Å². The molecule has 10 heteroatoms. The Labute approximate surface area is 112 Å². The predicted molar refractivity (Wildman–Crippen MR) is 66.9 cm³/mol. The molecule has 0 aliphatic carbocycles. The molecule has 3 aromatic rings. The maximum Gasteiger partial charge on any atom is 0.328 e. The zero-order valence-electron chi connectivity index (χ0n) is 10.1. The minimum Gasteiger partial charge on any atom is -0.422 e. The second kappa shape index (κ2) is 5.24. The molecule has 3 aromatic heterocycles. The molecule has 0 bridgehead atoms. The van der Waals surface area contributed by atoms with E-state index in [0.29, 0.717) is 5.75 Å². The summed E-state index contributed by atoms with van der Waals surface area (Å²) in [5.74, 6) is 6.18. The van der Waals surface area contributed by atoms with Gasteiger partial charge in [-0.2, -0.15) is 24.7 Å². The van der Waals surface area contributed by atoms with Crippen molar-refractivity contribution in [2.45, 2.75) is 0 Å². The van der Waals surface area contributed by atoms with Gasteiger partial charge in [0.25, 0.3) is 5.95 Å². The average Bonchev–Trinajstić information content (AvgIpc) is 3.02. The number of nitrogen functional groups attached to an aromatic ring is 1. The summed E-state index contributed by atoms with van der Waals surface area (Å²) in [5.41, 5.74) is 2.34. The summed E-state index contributed by atoms with van der Waals surface area (Å²) >= 11 is 0. The fourth-order valence-electron chi connectivity index (χ4n) is 1.38. The van der Waals surface area contributed by atoms with Crippen LogP contribution in [0.3, 0.4) is 0 Å². The molecule has 100 valence electrons. The molecule has 0 aliphatic rings. The van der Waals surface area contributed by atoms with E-state index in [9.17, 15) is 0 Å². The third-order valence-corrected chi connectivity index (χ3v) is 2.20. The number of nitrogens with two attached hydrogens (primary N) is 1. The van der Waals surface area contributed by atoms with Gasteiger partial charge < -0.3 is 4.74 Å². The maximum absolute atomic E-state index is 5.48. The van der Waals surface area contributed by atoms with E-state index in [1.807, 2.05) is 0 Å². The number of ether oxygens (including phenoxy) is 1. The minimum absolute atomic E-state index is 0.0615. The molecule has 0 saturated carbocycles. The van der Waals surface area contributed by atoms with E-state index in [1.165, 1.54) is 23.5 Å². The summed E-state index contributed by atoms with van der Waals surface area (Å²) in [6.07, 6.45) is 5.98. The number of pyridine rings is 1. The SMILES string of the molecule is NNc1nc(Oc2cccnc2)nc(-n2cncn2)n1. The van der Waals surface area contributed by atoms with Gasteiger partial charge in [-0.05, 0) is 12.1 Å². The highest BCUT2D eigenvalue weighted by atomic mass is 16.5. The molecular formula is C10H9N9O. The number of rotatable bonds is 4. The molecule has 0 atom stereocenters. The van der Waals surface area contributed by atoms with Crippen LogP contribution >= 0.6 is 0 Å². The van der Waals surface area contributed by atoms with E-state index in [-0.39, 0.29) is 17.9 Å². The smallest absolute Gasteiger partial charge is 0.328 e. The Balaban J connectivity index is 1.96. The summed E-state index contributed by atoms with van der Waals surface area (Å²) < 4.78 is 6.84. The lowest BCUT2D eigenvalue weighted by Crippen LogP contribution is -2.14. The first kappa shape index (κ1) is 11.9. The number of anilines is 1. The van der Waals surface area contributed by atoms with Gasteiger partial charge >= 0.3 is 6.01 Å². The van der Waals surface area contributed by atoms with Crippen LogP contribution in [0.15, 0.2) is 37.2 Å². The lowest BCUT2D eigenvalue weighted by atomic mass is 10.5. The van der Waals surface area contributed by atoms with Gasteiger partial charge in [-0.25, -0.2) is 10.8 Å². The fraction of sp³-hybridized carbons (Fsp3) is 0. The van der Waals surface area contributed by atoms with Gasteiger partial charge in [-0.1, -0.05) is 0 Å². The second-order valence-electron chi connectivity index (χ2n) is 3.52. The van der Waals surface area contributed by atoms with E-state index in [2.05, 4.69) is 35.4 Å². The van der Waals surface area contributed by atoms with Gasteiger partial charge in [0.05, 0.1) is 6.20 Å². The Bertz CT molecular complexity index is 685. The Morgan fingerprint density at radius 3 is 2.85 bits per heavy atom. The topological polar surface area (TPSA) is 130 Å². The van der Waals surface area contributed by atoms with Crippen LogP contribution in [0.2, 0.25) is 0 Å². The van der Waals surface area contributed by atoms with Crippen LogP contribution in [-0.4, -0.2) is 34.7 Å². The van der Waals surface area contributed by atoms with Crippen LogP contribution in [0.25, 0.3) is 5.95 Å². The van der Waals surface area contributed by atoms with Crippen molar-refractivity contribution in [3.63, 3.8) is 0 Å². The largest absolute Gasteiger partial charge is 0.422 e. The van der Waals surface area contributed by atoms with Crippen LogP contribution in [0.5, 0.6) is 11.8 Å². The Hall–Kier alpha value is -3.14. The summed E-state index contributed by atoms with van der Waals surface area (Å²) in [4.78, 5) is 19.9. The number of nitrogens with zero attached hydrogens (tertiary/aromatic N) is 7. The molecule has 0 aliphatic heterocycles. The monoisotopic (exact) mass is 271 g/mol. The summed E-state index contributed by atoms with van der Waals surface area (Å²) in [5, 5.41) is 3.93. The molecule has 0 spiro atoms. The van der Waals surface area contributed by atoms with E-state index >= 15 is 0 Å². The van der Waals surface area contributed by atoms with Gasteiger partial charge in [0.15, 0.2) is 0 Å². The van der Waals surface area contributed by atoms with Gasteiger partial charge in [0.2, 0.25) is 5.95 Å². The zero-order chi connectivity index (χ0) is 13.8. The van der Waals surface area contributed by atoms with Crippen LogP contribution in [-0.2, 0) is 0 Å². The number of hydrogen-bond donors (Lipinski definition) is 2. The molecule has 3 rings (SSSR count). The molecule has 0 saturated heterocycles. The molecule has 3 heterocycles. The lowest BCUT2D eigenvalue weighted by molar-refractivity contribution is 0.436. The van der Waals surface area contributed by atoms with Crippen LogP contribution in [0, 0.1) is 0 Å². The third kappa shape index (κ3) is 2.49. The number of nitrogens with one attached hydrogen (secondary N) is 1. The molecule has 3 N–H and O–H groups in total. The predicted octanol–water partition coefficient (Wildman–Crippen LogP) is -0.0748. The minimum atomic E-state index is 0.0615. The molecule has 0 unspecified atom stereocenters. The Kier molecular flexibility index (Phi) is 3.12. The number of aromatic nitrogens is 7. The maximum atomic E-state index is 5.48. The standard InChI is InChI=1S/C10H9N9O/c11-18-8-15-9(19-6-13-5-14-19)17-10(16-8)20-7-2-1-3-12-4-7/h1-6H,11H2,(H,15,16,17,18). The van der Waals surface area contributed by atoms with Crippen molar-refractivity contribution >= 4 is 5.95 Å². The normalized spacial score (nSPS) is 10.2. The quantitative estimate of drug-likeness (QED) is 0.494. The van der Waals surface area contributed by atoms with Crippen molar-refractivity contribution in [1.82, 2.24) is 34.7 Å². The second-order valence-corrected chi connectivity index (χ2v) is 3.52. The highest BCUT2D eigenvalue weighted by molar-refractivity contribution is 5.30. The van der Waals surface area contributed by atoms with Gasteiger partial charge in [0, 0.05) is 6.20 Å². The van der Waals surface area contributed by atoms with E-state index in [1.54, 1.807) is 18.3 Å². The van der Waals surface area contributed by atoms with Crippen molar-refractivity contribution in [3.05, 3.63) is 37.2 Å². The van der Waals surface area contributed by atoms with Crippen molar-refractivity contribution in [3.8, 4) is 17.7 Å². The molecule has 0 radical (unpaired) electrons. The van der Waals surface area contributed by atoms with E-state index < -0.39 is 0 Å². The summed E-state index contributed by atoms with van der Waals surface area (Å²) in [7, 11) is 0. The molecule has 20 heavy (non-hydrogen) atoms. The Morgan fingerprint density at radius 2 is 2.15 bits per heavy atom. The first-order valence-corrected chi connectivity index (χ1v) is 5.51. The van der Waals surface area contributed by atoms with E-state index in [0.717, 1.165) is 0 Å². The molecule has 0 amide bonds. The molecule has 0 aromatic carbocycles. The van der Waals surface area contributed by atoms with E-state index in [4.69, 9.17) is 10.6 Å². The Morgan fingerprint density at radius 1 is 1.20 bits per heavy atom.